The van der Waals surface area contributed by atoms with Gasteiger partial charge in [0.15, 0.2) is 0 Å². The van der Waals surface area contributed by atoms with Crippen LogP contribution in [0.25, 0.3) is 0 Å². The Morgan fingerprint density at radius 3 is 2.53 bits per heavy atom. The van der Waals surface area contributed by atoms with E-state index in [-0.39, 0.29) is 13.2 Å². The minimum atomic E-state index is -0.529. The molecule has 5 nitrogen and oxygen atoms in total. The van der Waals surface area contributed by atoms with Gasteiger partial charge in [0.2, 0.25) is 5.88 Å². The van der Waals surface area contributed by atoms with E-state index in [1.807, 2.05) is 19.9 Å². The lowest BCUT2D eigenvalue weighted by atomic mass is 9.93. The van der Waals surface area contributed by atoms with Crippen molar-refractivity contribution in [1.82, 2.24) is 4.98 Å². The number of hydrogen-bond acceptors (Lipinski definition) is 5. The van der Waals surface area contributed by atoms with Crippen molar-refractivity contribution in [3.8, 4) is 5.88 Å². The molecular formula is C12H20N2O3. The number of anilines is 1. The minimum absolute atomic E-state index is 0.0685. The molecule has 17 heavy (non-hydrogen) atoms. The highest BCUT2D eigenvalue weighted by Gasteiger charge is 2.21. The van der Waals surface area contributed by atoms with Crippen molar-refractivity contribution < 1.29 is 14.9 Å². The average molecular weight is 240 g/mol. The SMILES string of the molecule is CCOc1ccc(NCC(C)(CO)CO)cn1. The van der Waals surface area contributed by atoms with Crippen LogP contribution in [0.3, 0.4) is 0 Å². The van der Waals surface area contributed by atoms with Gasteiger partial charge in [-0.25, -0.2) is 4.98 Å². The summed E-state index contributed by atoms with van der Waals surface area (Å²) in [5, 5.41) is 21.4. The highest BCUT2D eigenvalue weighted by Crippen LogP contribution is 2.17. The lowest BCUT2D eigenvalue weighted by Gasteiger charge is -2.25. The summed E-state index contributed by atoms with van der Waals surface area (Å²) in [4.78, 5) is 4.11. The molecule has 1 heterocycles. The normalized spacial score (nSPS) is 11.3. The van der Waals surface area contributed by atoms with E-state index in [1.165, 1.54) is 0 Å². The number of ether oxygens (including phenoxy) is 1. The summed E-state index contributed by atoms with van der Waals surface area (Å²) >= 11 is 0. The Hall–Kier alpha value is -1.33. The van der Waals surface area contributed by atoms with Gasteiger partial charge >= 0.3 is 0 Å². The van der Waals surface area contributed by atoms with E-state index >= 15 is 0 Å². The van der Waals surface area contributed by atoms with Crippen LogP contribution in [0.2, 0.25) is 0 Å². The molecular weight excluding hydrogens is 220 g/mol. The monoisotopic (exact) mass is 240 g/mol. The molecule has 5 heteroatoms. The molecule has 1 aromatic rings. The molecule has 3 N–H and O–H groups in total. The zero-order valence-electron chi connectivity index (χ0n) is 10.3. The molecule has 0 saturated heterocycles. The van der Waals surface area contributed by atoms with Gasteiger partial charge in [-0.1, -0.05) is 6.92 Å². The average Bonchev–Trinajstić information content (AvgIpc) is 2.38. The molecule has 1 rings (SSSR count). The van der Waals surface area contributed by atoms with E-state index in [9.17, 15) is 0 Å². The third kappa shape index (κ3) is 4.20. The Labute approximate surface area is 101 Å². The van der Waals surface area contributed by atoms with Crippen molar-refractivity contribution in [2.24, 2.45) is 5.41 Å². The summed E-state index contributed by atoms with van der Waals surface area (Å²) < 4.78 is 5.23. The maximum atomic E-state index is 9.14. The van der Waals surface area contributed by atoms with Gasteiger partial charge in [0.05, 0.1) is 31.7 Å². The largest absolute Gasteiger partial charge is 0.478 e. The van der Waals surface area contributed by atoms with Gasteiger partial charge < -0.3 is 20.3 Å². The van der Waals surface area contributed by atoms with E-state index in [1.54, 1.807) is 12.3 Å². The maximum Gasteiger partial charge on any atom is 0.213 e. The molecule has 0 amide bonds. The zero-order valence-corrected chi connectivity index (χ0v) is 10.3. The van der Waals surface area contributed by atoms with Crippen LogP contribution in [0.1, 0.15) is 13.8 Å². The molecule has 0 saturated carbocycles. The van der Waals surface area contributed by atoms with Crippen LogP contribution in [0.15, 0.2) is 18.3 Å². The van der Waals surface area contributed by atoms with Gasteiger partial charge in [0, 0.05) is 18.0 Å². The maximum absolute atomic E-state index is 9.14. The third-order valence-electron chi connectivity index (χ3n) is 2.51. The predicted molar refractivity (Wildman–Crippen MR) is 66.2 cm³/mol. The van der Waals surface area contributed by atoms with Crippen molar-refractivity contribution >= 4 is 5.69 Å². The molecule has 0 aliphatic rings. The van der Waals surface area contributed by atoms with E-state index < -0.39 is 5.41 Å². The van der Waals surface area contributed by atoms with E-state index in [4.69, 9.17) is 14.9 Å². The molecule has 0 atom stereocenters. The Kier molecular flexibility index (Phi) is 5.18. The number of aromatic nitrogens is 1. The number of rotatable bonds is 7. The Morgan fingerprint density at radius 2 is 2.06 bits per heavy atom. The first-order valence-electron chi connectivity index (χ1n) is 5.68. The Bertz CT molecular complexity index is 323. The van der Waals surface area contributed by atoms with E-state index in [0.29, 0.717) is 19.0 Å². The van der Waals surface area contributed by atoms with Crippen LogP contribution in [-0.2, 0) is 0 Å². The summed E-state index contributed by atoms with van der Waals surface area (Å²) in [6.45, 7) is 4.65. The zero-order chi connectivity index (χ0) is 12.7. The van der Waals surface area contributed by atoms with Crippen LogP contribution >= 0.6 is 0 Å². The van der Waals surface area contributed by atoms with Crippen LogP contribution in [-0.4, -0.2) is 41.6 Å². The molecule has 0 aliphatic carbocycles. The van der Waals surface area contributed by atoms with Crippen molar-refractivity contribution in [1.29, 1.82) is 0 Å². The van der Waals surface area contributed by atoms with Gasteiger partial charge in [-0.05, 0) is 13.0 Å². The Balaban J connectivity index is 2.52. The van der Waals surface area contributed by atoms with Gasteiger partial charge in [-0.15, -0.1) is 0 Å². The van der Waals surface area contributed by atoms with Crippen LogP contribution < -0.4 is 10.1 Å². The number of nitrogens with zero attached hydrogens (tertiary/aromatic N) is 1. The second-order valence-corrected chi connectivity index (χ2v) is 4.30. The van der Waals surface area contributed by atoms with Gasteiger partial charge in [0.1, 0.15) is 0 Å². The molecule has 0 radical (unpaired) electrons. The second-order valence-electron chi connectivity index (χ2n) is 4.30. The second kappa shape index (κ2) is 6.42. The smallest absolute Gasteiger partial charge is 0.213 e. The van der Waals surface area contributed by atoms with Gasteiger partial charge in [-0.2, -0.15) is 0 Å². The van der Waals surface area contributed by atoms with Crippen molar-refractivity contribution in [3.63, 3.8) is 0 Å². The minimum Gasteiger partial charge on any atom is -0.478 e. The lowest BCUT2D eigenvalue weighted by molar-refractivity contribution is 0.0806. The summed E-state index contributed by atoms with van der Waals surface area (Å²) in [6.07, 6.45) is 1.67. The fraction of sp³-hybridized carbons (Fsp3) is 0.583. The Morgan fingerprint density at radius 1 is 1.35 bits per heavy atom. The molecule has 0 bridgehead atoms. The fourth-order valence-corrected chi connectivity index (χ4v) is 1.20. The standard InChI is InChI=1S/C12H20N2O3/c1-3-17-11-5-4-10(6-13-11)14-7-12(2,8-15)9-16/h4-6,14-16H,3,7-9H2,1-2H3. The topological polar surface area (TPSA) is 74.6 Å². The number of pyridine rings is 1. The summed E-state index contributed by atoms with van der Waals surface area (Å²) in [5.74, 6) is 0.588. The number of aliphatic hydroxyl groups excluding tert-OH is 2. The third-order valence-corrected chi connectivity index (χ3v) is 2.51. The molecule has 0 aliphatic heterocycles. The van der Waals surface area contributed by atoms with E-state index in [2.05, 4.69) is 10.3 Å². The molecule has 0 fully saturated rings. The molecule has 0 unspecified atom stereocenters. The van der Waals surface area contributed by atoms with Crippen molar-refractivity contribution in [2.45, 2.75) is 13.8 Å². The van der Waals surface area contributed by atoms with E-state index in [0.717, 1.165) is 5.69 Å². The molecule has 96 valence electrons. The van der Waals surface area contributed by atoms with Crippen LogP contribution in [0.4, 0.5) is 5.69 Å². The number of nitrogens with one attached hydrogen (secondary N) is 1. The van der Waals surface area contributed by atoms with Crippen molar-refractivity contribution in [3.05, 3.63) is 18.3 Å². The molecule has 0 aromatic carbocycles. The first kappa shape index (κ1) is 13.7. The predicted octanol–water partition coefficient (Wildman–Crippen LogP) is 0.883. The highest BCUT2D eigenvalue weighted by molar-refractivity contribution is 5.42. The fourth-order valence-electron chi connectivity index (χ4n) is 1.20. The molecule has 0 spiro atoms. The molecule has 1 aromatic heterocycles. The number of aliphatic hydroxyl groups is 2. The first-order valence-corrected chi connectivity index (χ1v) is 5.68. The quantitative estimate of drug-likeness (QED) is 0.660. The first-order chi connectivity index (χ1) is 8.13. The van der Waals surface area contributed by atoms with Gasteiger partial charge in [-0.3, -0.25) is 0 Å². The van der Waals surface area contributed by atoms with Crippen LogP contribution in [0.5, 0.6) is 5.88 Å². The summed E-state index contributed by atoms with van der Waals surface area (Å²) in [7, 11) is 0. The van der Waals surface area contributed by atoms with Crippen LogP contribution in [0, 0.1) is 5.41 Å². The number of hydrogen-bond donors (Lipinski definition) is 3. The summed E-state index contributed by atoms with van der Waals surface area (Å²) in [6, 6.07) is 3.63. The highest BCUT2D eigenvalue weighted by atomic mass is 16.5. The summed E-state index contributed by atoms with van der Waals surface area (Å²) in [5.41, 5.74) is 0.306. The van der Waals surface area contributed by atoms with Crippen molar-refractivity contribution in [2.75, 3.05) is 31.7 Å². The lowest BCUT2D eigenvalue weighted by Crippen LogP contribution is -2.34. The van der Waals surface area contributed by atoms with Gasteiger partial charge in [0.25, 0.3) is 0 Å².